The minimum absolute atomic E-state index is 0.128. The van der Waals surface area contributed by atoms with Crippen LogP contribution in [0.5, 0.6) is 0 Å². The lowest BCUT2D eigenvalue weighted by Crippen LogP contribution is -2.53. The summed E-state index contributed by atoms with van der Waals surface area (Å²) in [5, 5.41) is 11.8. The normalized spacial score (nSPS) is 16.1. The molecule has 0 radical (unpaired) electrons. The Kier molecular flexibility index (Phi) is 15.8. The van der Waals surface area contributed by atoms with Crippen molar-refractivity contribution in [1.82, 2.24) is 21.3 Å². The van der Waals surface area contributed by atoms with E-state index in [0.29, 0.717) is 32.4 Å². The van der Waals surface area contributed by atoms with Crippen LogP contribution in [-0.2, 0) is 30.3 Å². The van der Waals surface area contributed by atoms with Crippen molar-refractivity contribution < 1.29 is 23.9 Å². The lowest BCUT2D eigenvalue weighted by Gasteiger charge is -2.31. The second-order valence-electron chi connectivity index (χ2n) is 13.4. The second-order valence-corrected chi connectivity index (χ2v) is 13.4. The van der Waals surface area contributed by atoms with Gasteiger partial charge in [-0.25, -0.2) is 0 Å². The van der Waals surface area contributed by atoms with Crippen LogP contribution in [0.15, 0.2) is 30.3 Å². The molecule has 0 aromatic heterocycles. The first-order valence-electron chi connectivity index (χ1n) is 16.4. The fourth-order valence-electron chi connectivity index (χ4n) is 5.23. The van der Waals surface area contributed by atoms with Gasteiger partial charge in [0.15, 0.2) is 0 Å². The van der Waals surface area contributed by atoms with Crippen molar-refractivity contribution in [3.63, 3.8) is 0 Å². The Morgan fingerprint density at radius 2 is 1.55 bits per heavy atom. The predicted octanol–water partition coefficient (Wildman–Crippen LogP) is 3.51. The van der Waals surface area contributed by atoms with Crippen LogP contribution >= 0.6 is 0 Å². The summed E-state index contributed by atoms with van der Waals surface area (Å²) in [6, 6.07) is 8.60. The smallest absolute Gasteiger partial charge is 0.243 e. The SMILES string of the molecule is C[C@H](NC(=O)CCN)C(=O)NCCC(C)(C)OCCC(C)(C)C(=O)N[C@@H](Cc1ccccc1)C(=O)NC1CCCCCCC1. The summed E-state index contributed by atoms with van der Waals surface area (Å²) in [7, 11) is 0. The molecule has 4 amide bonds. The molecule has 10 heteroatoms. The molecule has 1 saturated carbocycles. The molecule has 6 N–H and O–H groups in total. The third-order valence-corrected chi connectivity index (χ3v) is 8.36. The Hall–Kier alpha value is -2.98. The highest BCUT2D eigenvalue weighted by atomic mass is 16.5. The maximum absolute atomic E-state index is 13.5. The number of nitrogens with two attached hydrogens (primary N) is 1. The molecule has 2 rings (SSSR count). The fourth-order valence-corrected chi connectivity index (χ4v) is 5.23. The summed E-state index contributed by atoms with van der Waals surface area (Å²) >= 11 is 0. The van der Waals surface area contributed by atoms with E-state index in [4.69, 9.17) is 10.5 Å². The lowest BCUT2D eigenvalue weighted by molar-refractivity contribution is -0.135. The molecule has 0 aliphatic heterocycles. The van der Waals surface area contributed by atoms with E-state index in [1.54, 1.807) is 6.92 Å². The Morgan fingerprint density at radius 1 is 0.909 bits per heavy atom. The van der Waals surface area contributed by atoms with Gasteiger partial charge in [-0.2, -0.15) is 0 Å². The Labute approximate surface area is 264 Å². The highest BCUT2D eigenvalue weighted by molar-refractivity contribution is 5.90. The predicted molar refractivity (Wildman–Crippen MR) is 174 cm³/mol. The highest BCUT2D eigenvalue weighted by Gasteiger charge is 2.33. The summed E-state index contributed by atoms with van der Waals surface area (Å²) in [4.78, 5) is 51.0. The van der Waals surface area contributed by atoms with E-state index in [1.165, 1.54) is 19.3 Å². The van der Waals surface area contributed by atoms with Crippen LogP contribution in [0, 0.1) is 5.41 Å². The number of carbonyl (C=O) groups is 4. The molecule has 0 spiro atoms. The van der Waals surface area contributed by atoms with E-state index in [1.807, 2.05) is 58.0 Å². The molecule has 2 atom stereocenters. The average molecular weight is 616 g/mol. The fraction of sp³-hybridized carbons (Fsp3) is 0.706. The van der Waals surface area contributed by atoms with Crippen molar-refractivity contribution in [3.8, 4) is 0 Å². The third-order valence-electron chi connectivity index (χ3n) is 8.36. The number of carbonyl (C=O) groups excluding carboxylic acids is 4. The van der Waals surface area contributed by atoms with Gasteiger partial charge >= 0.3 is 0 Å². The molecule has 0 unspecified atom stereocenters. The van der Waals surface area contributed by atoms with Gasteiger partial charge in [-0.15, -0.1) is 0 Å². The zero-order chi connectivity index (χ0) is 32.6. The Bertz CT molecular complexity index is 1040. The van der Waals surface area contributed by atoms with Crippen molar-refractivity contribution >= 4 is 23.6 Å². The summed E-state index contributed by atoms with van der Waals surface area (Å²) < 4.78 is 6.13. The standard InChI is InChI=1S/C34H57N5O5/c1-25(37-29(40)18-21-35)30(41)36-22-19-34(4,5)44-23-20-33(2,3)32(43)39-28(24-26-14-10-9-11-15-26)31(42)38-27-16-12-7-6-8-13-17-27/h9-11,14-15,25,27-28H,6-8,12-13,16-24,35H2,1-5H3,(H,36,41)(H,37,40)(H,38,42)(H,39,43)/t25-,28-/m0/s1. The summed E-state index contributed by atoms with van der Waals surface area (Å²) in [6.07, 6.45) is 9.45. The Morgan fingerprint density at radius 3 is 2.18 bits per heavy atom. The number of hydrogen-bond donors (Lipinski definition) is 5. The third kappa shape index (κ3) is 14.2. The van der Waals surface area contributed by atoms with Gasteiger partial charge in [0, 0.05) is 44.0 Å². The van der Waals surface area contributed by atoms with Crippen LogP contribution in [0.3, 0.4) is 0 Å². The van der Waals surface area contributed by atoms with Crippen LogP contribution in [0.2, 0.25) is 0 Å². The van der Waals surface area contributed by atoms with Crippen LogP contribution in [0.4, 0.5) is 0 Å². The van der Waals surface area contributed by atoms with Crippen molar-refractivity contribution in [3.05, 3.63) is 35.9 Å². The summed E-state index contributed by atoms with van der Waals surface area (Å²) in [5.41, 5.74) is 5.06. The van der Waals surface area contributed by atoms with Gasteiger partial charge < -0.3 is 31.7 Å². The molecule has 1 aliphatic rings. The average Bonchev–Trinajstić information content (AvgIpc) is 2.94. The summed E-state index contributed by atoms with van der Waals surface area (Å²) in [6.45, 7) is 10.2. The number of benzene rings is 1. The van der Waals surface area contributed by atoms with Gasteiger partial charge in [0.1, 0.15) is 12.1 Å². The van der Waals surface area contributed by atoms with Crippen LogP contribution < -0.4 is 27.0 Å². The monoisotopic (exact) mass is 615 g/mol. The van der Waals surface area contributed by atoms with Gasteiger partial charge in [0.2, 0.25) is 23.6 Å². The van der Waals surface area contributed by atoms with Crippen molar-refractivity contribution in [2.24, 2.45) is 11.1 Å². The second kappa shape index (κ2) is 18.7. The number of rotatable bonds is 17. The number of amides is 4. The molecule has 1 fully saturated rings. The van der Waals surface area contributed by atoms with Crippen LogP contribution in [0.25, 0.3) is 0 Å². The van der Waals surface area contributed by atoms with Crippen molar-refractivity contribution in [1.29, 1.82) is 0 Å². The van der Waals surface area contributed by atoms with E-state index in [9.17, 15) is 19.2 Å². The minimum Gasteiger partial charge on any atom is -0.375 e. The quantitative estimate of drug-likeness (QED) is 0.181. The highest BCUT2D eigenvalue weighted by Crippen LogP contribution is 2.24. The molecule has 44 heavy (non-hydrogen) atoms. The number of ether oxygens (including phenoxy) is 1. The molecule has 248 valence electrons. The molecular formula is C34H57N5O5. The molecule has 1 aromatic rings. The topological polar surface area (TPSA) is 152 Å². The maximum Gasteiger partial charge on any atom is 0.243 e. The van der Waals surface area contributed by atoms with Gasteiger partial charge in [-0.1, -0.05) is 76.3 Å². The first-order valence-corrected chi connectivity index (χ1v) is 16.4. The Balaban J connectivity index is 1.89. The largest absolute Gasteiger partial charge is 0.375 e. The first kappa shape index (κ1) is 37.2. The number of hydrogen-bond acceptors (Lipinski definition) is 6. The van der Waals surface area contributed by atoms with E-state index < -0.39 is 23.1 Å². The number of nitrogens with one attached hydrogen (secondary N) is 4. The molecule has 0 heterocycles. The van der Waals surface area contributed by atoms with Crippen molar-refractivity contribution in [2.45, 2.75) is 129 Å². The maximum atomic E-state index is 13.5. The van der Waals surface area contributed by atoms with Crippen molar-refractivity contribution in [2.75, 3.05) is 19.7 Å². The molecule has 0 bridgehead atoms. The van der Waals surface area contributed by atoms with E-state index in [0.717, 1.165) is 31.2 Å². The summed E-state index contributed by atoms with van der Waals surface area (Å²) in [5.74, 6) is -0.845. The minimum atomic E-state index is -0.767. The van der Waals surface area contributed by atoms with Crippen LogP contribution in [-0.4, -0.2) is 67.1 Å². The van der Waals surface area contributed by atoms with Crippen LogP contribution in [0.1, 0.15) is 104 Å². The molecular weight excluding hydrogens is 558 g/mol. The molecule has 10 nitrogen and oxygen atoms in total. The van der Waals surface area contributed by atoms with Gasteiger partial charge in [-0.3, -0.25) is 19.2 Å². The lowest BCUT2D eigenvalue weighted by atomic mass is 9.87. The van der Waals surface area contributed by atoms with Gasteiger partial charge in [0.25, 0.3) is 0 Å². The molecule has 1 aliphatic carbocycles. The molecule has 1 aromatic carbocycles. The first-order chi connectivity index (χ1) is 20.8. The zero-order valence-corrected chi connectivity index (χ0v) is 27.6. The van der Waals surface area contributed by atoms with Gasteiger partial charge in [0.05, 0.1) is 5.60 Å². The van der Waals surface area contributed by atoms with E-state index in [-0.39, 0.29) is 42.6 Å². The molecule has 0 saturated heterocycles. The van der Waals surface area contributed by atoms with E-state index in [2.05, 4.69) is 21.3 Å². The van der Waals surface area contributed by atoms with E-state index >= 15 is 0 Å². The zero-order valence-electron chi connectivity index (χ0n) is 27.6. The van der Waals surface area contributed by atoms with Gasteiger partial charge in [-0.05, 0) is 52.0 Å².